The standard InChI is InChI=1S/C13H16FN3O/c14-12-3-1-11(2-4-12)13(18)9-15-5-7-17-8-6-16-10-17/h1-4,6,8,10,13,15,18H,5,7,9H2. The molecule has 0 saturated heterocycles. The van der Waals surface area contributed by atoms with E-state index in [0.29, 0.717) is 12.1 Å². The molecule has 0 fully saturated rings. The second-order valence-electron chi connectivity index (χ2n) is 4.07. The molecule has 1 atom stereocenters. The third kappa shape index (κ3) is 3.65. The van der Waals surface area contributed by atoms with Crippen LogP contribution in [0.5, 0.6) is 0 Å². The molecule has 0 bridgehead atoms. The summed E-state index contributed by atoms with van der Waals surface area (Å²) in [7, 11) is 0. The van der Waals surface area contributed by atoms with Crippen LogP contribution in [0.4, 0.5) is 4.39 Å². The Bertz CT molecular complexity index is 456. The van der Waals surface area contributed by atoms with Gasteiger partial charge in [-0.05, 0) is 17.7 Å². The highest BCUT2D eigenvalue weighted by atomic mass is 19.1. The minimum atomic E-state index is -0.617. The van der Waals surface area contributed by atoms with Crippen molar-refractivity contribution in [2.45, 2.75) is 12.6 Å². The first-order valence-electron chi connectivity index (χ1n) is 5.85. The maximum atomic E-state index is 12.7. The van der Waals surface area contributed by atoms with Crippen molar-refractivity contribution in [3.63, 3.8) is 0 Å². The van der Waals surface area contributed by atoms with Gasteiger partial charge in [0.15, 0.2) is 0 Å². The van der Waals surface area contributed by atoms with Crippen LogP contribution in [0.3, 0.4) is 0 Å². The van der Waals surface area contributed by atoms with Crippen LogP contribution in [0, 0.1) is 5.82 Å². The van der Waals surface area contributed by atoms with Crippen LogP contribution in [-0.4, -0.2) is 27.7 Å². The molecule has 1 heterocycles. The van der Waals surface area contributed by atoms with Crippen LogP contribution in [0.2, 0.25) is 0 Å². The first-order valence-corrected chi connectivity index (χ1v) is 5.85. The van der Waals surface area contributed by atoms with Crippen molar-refractivity contribution in [1.29, 1.82) is 0 Å². The van der Waals surface area contributed by atoms with Gasteiger partial charge in [-0.2, -0.15) is 0 Å². The summed E-state index contributed by atoms with van der Waals surface area (Å²) in [5.74, 6) is -0.293. The summed E-state index contributed by atoms with van der Waals surface area (Å²) < 4.78 is 14.7. The van der Waals surface area contributed by atoms with E-state index >= 15 is 0 Å². The molecule has 0 amide bonds. The van der Waals surface area contributed by atoms with E-state index in [1.807, 2.05) is 10.8 Å². The van der Waals surface area contributed by atoms with E-state index in [1.165, 1.54) is 12.1 Å². The lowest BCUT2D eigenvalue weighted by molar-refractivity contribution is 0.174. The highest BCUT2D eigenvalue weighted by molar-refractivity contribution is 5.18. The van der Waals surface area contributed by atoms with Crippen LogP contribution >= 0.6 is 0 Å². The second-order valence-corrected chi connectivity index (χ2v) is 4.07. The number of nitrogens with one attached hydrogen (secondary N) is 1. The lowest BCUT2D eigenvalue weighted by Gasteiger charge is -2.12. The van der Waals surface area contributed by atoms with E-state index < -0.39 is 6.10 Å². The Hall–Kier alpha value is -1.72. The molecule has 1 aromatic carbocycles. The molecular formula is C13H16FN3O. The number of hydrogen-bond acceptors (Lipinski definition) is 3. The molecule has 1 unspecified atom stereocenters. The van der Waals surface area contributed by atoms with Gasteiger partial charge in [0.05, 0.1) is 12.4 Å². The molecule has 0 aliphatic carbocycles. The Morgan fingerprint density at radius 3 is 2.78 bits per heavy atom. The molecule has 96 valence electrons. The lowest BCUT2D eigenvalue weighted by atomic mass is 10.1. The monoisotopic (exact) mass is 249 g/mol. The van der Waals surface area contributed by atoms with Crippen molar-refractivity contribution in [3.05, 3.63) is 54.4 Å². The van der Waals surface area contributed by atoms with Crippen molar-refractivity contribution >= 4 is 0 Å². The number of aromatic nitrogens is 2. The Morgan fingerprint density at radius 2 is 2.11 bits per heavy atom. The molecule has 2 rings (SSSR count). The normalized spacial score (nSPS) is 12.6. The van der Waals surface area contributed by atoms with Gasteiger partial charge in [-0.25, -0.2) is 9.37 Å². The SMILES string of the molecule is OC(CNCCn1ccnc1)c1ccc(F)cc1. The number of halogens is 1. The molecule has 4 nitrogen and oxygen atoms in total. The first kappa shape index (κ1) is 12.7. The van der Waals surface area contributed by atoms with Gasteiger partial charge < -0.3 is 15.0 Å². The molecule has 5 heteroatoms. The minimum absolute atomic E-state index is 0.293. The highest BCUT2D eigenvalue weighted by Crippen LogP contribution is 2.12. The zero-order chi connectivity index (χ0) is 12.8. The summed E-state index contributed by atoms with van der Waals surface area (Å²) in [5.41, 5.74) is 0.714. The Morgan fingerprint density at radius 1 is 1.33 bits per heavy atom. The summed E-state index contributed by atoms with van der Waals surface area (Å²) in [6.07, 6.45) is 4.75. The third-order valence-corrected chi connectivity index (χ3v) is 2.70. The molecule has 0 aliphatic heterocycles. The largest absolute Gasteiger partial charge is 0.387 e. The third-order valence-electron chi connectivity index (χ3n) is 2.70. The molecule has 1 aromatic heterocycles. The summed E-state index contributed by atoms with van der Waals surface area (Å²) in [4.78, 5) is 3.94. The molecule has 0 aliphatic rings. The van der Waals surface area contributed by atoms with Gasteiger partial charge >= 0.3 is 0 Å². The number of benzene rings is 1. The van der Waals surface area contributed by atoms with Crippen LogP contribution in [0.1, 0.15) is 11.7 Å². The summed E-state index contributed by atoms with van der Waals surface area (Å²) >= 11 is 0. The van der Waals surface area contributed by atoms with Crippen LogP contribution in [-0.2, 0) is 6.54 Å². The van der Waals surface area contributed by atoms with Gasteiger partial charge in [0.2, 0.25) is 0 Å². The average Bonchev–Trinajstić information content (AvgIpc) is 2.88. The lowest BCUT2D eigenvalue weighted by Crippen LogP contribution is -2.25. The van der Waals surface area contributed by atoms with Gasteiger partial charge in [-0.3, -0.25) is 0 Å². The number of aliphatic hydroxyl groups is 1. The summed E-state index contributed by atoms with van der Waals surface area (Å²) in [5, 5.41) is 13.0. The fourth-order valence-electron chi connectivity index (χ4n) is 1.67. The van der Waals surface area contributed by atoms with E-state index in [-0.39, 0.29) is 5.82 Å². The minimum Gasteiger partial charge on any atom is -0.387 e. The quantitative estimate of drug-likeness (QED) is 0.760. The second kappa shape index (κ2) is 6.28. The predicted octanol–water partition coefficient (Wildman–Crippen LogP) is 1.35. The topological polar surface area (TPSA) is 50.1 Å². The van der Waals surface area contributed by atoms with Crippen LogP contribution < -0.4 is 5.32 Å². The van der Waals surface area contributed by atoms with Gasteiger partial charge in [0.1, 0.15) is 5.82 Å². The smallest absolute Gasteiger partial charge is 0.123 e. The van der Waals surface area contributed by atoms with E-state index in [9.17, 15) is 9.50 Å². The molecular weight excluding hydrogens is 233 g/mol. The maximum Gasteiger partial charge on any atom is 0.123 e. The summed E-state index contributed by atoms with van der Waals surface area (Å²) in [6.45, 7) is 1.99. The maximum absolute atomic E-state index is 12.7. The van der Waals surface area contributed by atoms with Crippen molar-refractivity contribution in [1.82, 2.24) is 14.9 Å². The number of hydrogen-bond donors (Lipinski definition) is 2. The van der Waals surface area contributed by atoms with Crippen LogP contribution in [0.25, 0.3) is 0 Å². The molecule has 0 saturated carbocycles. The Balaban J connectivity index is 1.71. The Kier molecular flexibility index (Phi) is 4.44. The molecule has 18 heavy (non-hydrogen) atoms. The van der Waals surface area contributed by atoms with Gasteiger partial charge in [0, 0.05) is 32.0 Å². The van der Waals surface area contributed by atoms with Crippen molar-refractivity contribution < 1.29 is 9.50 Å². The van der Waals surface area contributed by atoms with E-state index in [2.05, 4.69) is 10.3 Å². The van der Waals surface area contributed by atoms with Crippen LogP contribution in [0.15, 0.2) is 43.0 Å². The molecule has 0 spiro atoms. The Labute approximate surface area is 105 Å². The van der Waals surface area contributed by atoms with Crippen molar-refractivity contribution in [3.8, 4) is 0 Å². The predicted molar refractivity (Wildman–Crippen MR) is 66.5 cm³/mol. The van der Waals surface area contributed by atoms with Crippen molar-refractivity contribution in [2.24, 2.45) is 0 Å². The van der Waals surface area contributed by atoms with Gasteiger partial charge in [-0.1, -0.05) is 12.1 Å². The van der Waals surface area contributed by atoms with E-state index in [0.717, 1.165) is 13.1 Å². The highest BCUT2D eigenvalue weighted by Gasteiger charge is 2.06. The van der Waals surface area contributed by atoms with Gasteiger partial charge in [0.25, 0.3) is 0 Å². The molecule has 2 N–H and O–H groups in total. The zero-order valence-corrected chi connectivity index (χ0v) is 9.96. The van der Waals surface area contributed by atoms with Crippen molar-refractivity contribution in [2.75, 3.05) is 13.1 Å². The number of nitrogens with zero attached hydrogens (tertiary/aromatic N) is 2. The fourth-order valence-corrected chi connectivity index (χ4v) is 1.67. The van der Waals surface area contributed by atoms with E-state index in [1.54, 1.807) is 24.7 Å². The number of aliphatic hydroxyl groups excluding tert-OH is 1. The van der Waals surface area contributed by atoms with E-state index in [4.69, 9.17) is 0 Å². The average molecular weight is 249 g/mol. The fraction of sp³-hybridized carbons (Fsp3) is 0.308. The first-order chi connectivity index (χ1) is 8.75. The number of rotatable bonds is 6. The molecule has 2 aromatic rings. The number of imidazole rings is 1. The molecule has 0 radical (unpaired) electrons. The van der Waals surface area contributed by atoms with Gasteiger partial charge in [-0.15, -0.1) is 0 Å². The zero-order valence-electron chi connectivity index (χ0n) is 9.96. The summed E-state index contributed by atoms with van der Waals surface area (Å²) in [6, 6.07) is 5.89.